The Bertz CT molecular complexity index is 1050. The van der Waals surface area contributed by atoms with Crippen LogP contribution in [-0.2, 0) is 5.75 Å². The molecule has 6 heteroatoms. The van der Waals surface area contributed by atoms with E-state index in [0.717, 1.165) is 27.3 Å². The number of aryl methyl sites for hydroxylation is 1. The third kappa shape index (κ3) is 3.52. The summed E-state index contributed by atoms with van der Waals surface area (Å²) < 4.78 is 5.85. The monoisotopic (exact) mass is 367 g/mol. The van der Waals surface area contributed by atoms with Crippen molar-refractivity contribution in [2.45, 2.75) is 17.7 Å². The van der Waals surface area contributed by atoms with Gasteiger partial charge in [-0.05, 0) is 25.1 Å². The van der Waals surface area contributed by atoms with Gasteiger partial charge >= 0.3 is 0 Å². The van der Waals surface area contributed by atoms with Crippen LogP contribution in [0, 0.1) is 6.92 Å². The number of oxazole rings is 1. The van der Waals surface area contributed by atoms with E-state index in [0.29, 0.717) is 22.4 Å². The van der Waals surface area contributed by atoms with Crippen molar-refractivity contribution in [3.8, 4) is 11.3 Å². The van der Waals surface area contributed by atoms with Crippen LogP contribution in [0.15, 0.2) is 64.2 Å². The minimum Gasteiger partial charge on any atom is -0.440 e. The second kappa shape index (κ2) is 6.86. The van der Waals surface area contributed by atoms with Gasteiger partial charge in [-0.25, -0.2) is 15.0 Å². The largest absolute Gasteiger partial charge is 0.440 e. The third-order valence-corrected chi connectivity index (χ3v) is 4.89. The summed E-state index contributed by atoms with van der Waals surface area (Å²) in [5.74, 6) is 2.72. The molecule has 0 spiro atoms. The van der Waals surface area contributed by atoms with E-state index in [2.05, 4.69) is 15.0 Å². The van der Waals surface area contributed by atoms with Gasteiger partial charge in [0.2, 0.25) is 5.89 Å². The smallest absolute Gasteiger partial charge is 0.205 e. The highest BCUT2D eigenvalue weighted by Crippen LogP contribution is 2.29. The second-order valence-electron chi connectivity index (χ2n) is 5.51. The lowest BCUT2D eigenvalue weighted by molar-refractivity contribution is 0.530. The lowest BCUT2D eigenvalue weighted by Gasteiger charge is -2.05. The van der Waals surface area contributed by atoms with E-state index in [1.54, 1.807) is 18.0 Å². The molecule has 25 heavy (non-hydrogen) atoms. The van der Waals surface area contributed by atoms with Crippen LogP contribution in [-0.4, -0.2) is 15.0 Å². The maximum Gasteiger partial charge on any atom is 0.205 e. The molecule has 4 nitrogen and oxygen atoms in total. The summed E-state index contributed by atoms with van der Waals surface area (Å²) in [6.07, 6.45) is 1.73. The van der Waals surface area contributed by atoms with Gasteiger partial charge in [0.15, 0.2) is 5.76 Å². The summed E-state index contributed by atoms with van der Waals surface area (Å²) >= 11 is 7.63. The fraction of sp³-hybridized carbons (Fsp3) is 0.105. The van der Waals surface area contributed by atoms with Crippen molar-refractivity contribution in [3.63, 3.8) is 0 Å². The lowest BCUT2D eigenvalue weighted by atomic mass is 10.2. The molecule has 0 bridgehead atoms. The molecule has 4 rings (SSSR count). The minimum atomic E-state index is 0.598. The molecule has 2 heterocycles. The number of halogens is 1. The lowest BCUT2D eigenvalue weighted by Crippen LogP contribution is -1.93. The molecular weight excluding hydrogens is 354 g/mol. The molecule has 0 unspecified atom stereocenters. The van der Waals surface area contributed by atoms with Crippen LogP contribution in [0.25, 0.3) is 22.2 Å². The summed E-state index contributed by atoms with van der Waals surface area (Å²) in [6.45, 7) is 1.90. The molecule has 0 aliphatic rings. The first-order valence-electron chi connectivity index (χ1n) is 7.76. The number of nitrogens with zero attached hydrogens (tertiary/aromatic N) is 3. The first-order chi connectivity index (χ1) is 12.2. The highest BCUT2D eigenvalue weighted by atomic mass is 35.5. The van der Waals surface area contributed by atoms with E-state index in [1.165, 1.54) is 0 Å². The Morgan fingerprint density at radius 3 is 2.84 bits per heavy atom. The standard InChI is InChI=1S/C19H14ClN3OS/c1-12-22-16-8-3-2-7-15(16)19(23-12)25-11-18-21-10-17(24-18)13-5-4-6-14(20)9-13/h2-10H,11H2,1H3. The SMILES string of the molecule is Cc1nc(SCc2ncc(-c3cccc(Cl)c3)o2)c2ccccc2n1. The van der Waals surface area contributed by atoms with Crippen molar-refractivity contribution in [2.75, 3.05) is 0 Å². The normalized spacial score (nSPS) is 11.1. The predicted octanol–water partition coefficient (Wildman–Crippen LogP) is 5.54. The number of fused-ring (bicyclic) bond motifs is 1. The van der Waals surface area contributed by atoms with E-state index in [1.807, 2.05) is 55.5 Å². The van der Waals surface area contributed by atoms with Gasteiger partial charge < -0.3 is 4.42 Å². The minimum absolute atomic E-state index is 0.598. The topological polar surface area (TPSA) is 51.8 Å². The molecule has 0 fully saturated rings. The van der Waals surface area contributed by atoms with Gasteiger partial charge in [-0.3, -0.25) is 0 Å². The average molecular weight is 368 g/mol. The van der Waals surface area contributed by atoms with Crippen molar-refractivity contribution < 1.29 is 4.42 Å². The van der Waals surface area contributed by atoms with Crippen molar-refractivity contribution in [3.05, 3.63) is 71.5 Å². The van der Waals surface area contributed by atoms with Crippen LogP contribution in [0.1, 0.15) is 11.7 Å². The Morgan fingerprint density at radius 2 is 1.96 bits per heavy atom. The van der Waals surface area contributed by atoms with Gasteiger partial charge in [0, 0.05) is 16.0 Å². The van der Waals surface area contributed by atoms with Crippen LogP contribution in [0.5, 0.6) is 0 Å². The number of hydrogen-bond acceptors (Lipinski definition) is 5. The third-order valence-electron chi connectivity index (χ3n) is 3.68. The zero-order valence-corrected chi connectivity index (χ0v) is 15.0. The van der Waals surface area contributed by atoms with Gasteiger partial charge in [-0.15, -0.1) is 0 Å². The molecule has 0 aliphatic heterocycles. The summed E-state index contributed by atoms with van der Waals surface area (Å²) in [6, 6.07) is 15.5. The molecule has 0 atom stereocenters. The van der Waals surface area contributed by atoms with E-state index in [-0.39, 0.29) is 0 Å². The molecule has 0 saturated carbocycles. The fourth-order valence-electron chi connectivity index (χ4n) is 2.55. The molecular formula is C19H14ClN3OS. The van der Waals surface area contributed by atoms with Crippen LogP contribution < -0.4 is 0 Å². The zero-order chi connectivity index (χ0) is 17.2. The summed E-state index contributed by atoms with van der Waals surface area (Å²) in [4.78, 5) is 13.4. The molecule has 2 aromatic heterocycles. The number of hydrogen-bond donors (Lipinski definition) is 0. The molecule has 124 valence electrons. The van der Waals surface area contributed by atoms with Crippen molar-refractivity contribution in [2.24, 2.45) is 0 Å². The van der Waals surface area contributed by atoms with E-state index < -0.39 is 0 Å². The molecule has 0 aliphatic carbocycles. The zero-order valence-electron chi connectivity index (χ0n) is 13.4. The van der Waals surface area contributed by atoms with E-state index in [9.17, 15) is 0 Å². The van der Waals surface area contributed by atoms with Gasteiger partial charge in [0.05, 0.1) is 17.5 Å². The van der Waals surface area contributed by atoms with Gasteiger partial charge in [-0.2, -0.15) is 0 Å². The Labute approximate surface area is 154 Å². The molecule has 2 aromatic carbocycles. The maximum atomic E-state index is 6.03. The number of para-hydroxylation sites is 1. The highest BCUT2D eigenvalue weighted by Gasteiger charge is 2.10. The Balaban J connectivity index is 1.57. The van der Waals surface area contributed by atoms with Crippen LogP contribution >= 0.6 is 23.4 Å². The van der Waals surface area contributed by atoms with Gasteiger partial charge in [0.25, 0.3) is 0 Å². The van der Waals surface area contributed by atoms with E-state index in [4.69, 9.17) is 16.0 Å². The first-order valence-corrected chi connectivity index (χ1v) is 9.12. The van der Waals surface area contributed by atoms with E-state index >= 15 is 0 Å². The molecule has 0 amide bonds. The fourth-order valence-corrected chi connectivity index (χ4v) is 3.66. The number of aromatic nitrogens is 3. The summed E-state index contributed by atoms with van der Waals surface area (Å²) in [5, 5.41) is 2.65. The van der Waals surface area contributed by atoms with Crippen molar-refractivity contribution in [1.29, 1.82) is 0 Å². The van der Waals surface area contributed by atoms with Crippen LogP contribution in [0.3, 0.4) is 0 Å². The number of thioether (sulfide) groups is 1. The van der Waals surface area contributed by atoms with Gasteiger partial charge in [0.1, 0.15) is 10.9 Å². The quantitative estimate of drug-likeness (QED) is 0.350. The second-order valence-corrected chi connectivity index (χ2v) is 6.91. The molecule has 0 N–H and O–H groups in total. The van der Waals surface area contributed by atoms with Crippen molar-refractivity contribution >= 4 is 34.3 Å². The Hall–Kier alpha value is -2.37. The van der Waals surface area contributed by atoms with Crippen LogP contribution in [0.4, 0.5) is 0 Å². The highest BCUT2D eigenvalue weighted by molar-refractivity contribution is 7.98. The molecule has 4 aromatic rings. The molecule has 0 radical (unpaired) electrons. The Kier molecular flexibility index (Phi) is 4.42. The average Bonchev–Trinajstić information content (AvgIpc) is 3.08. The number of rotatable bonds is 4. The maximum absolute atomic E-state index is 6.03. The van der Waals surface area contributed by atoms with Gasteiger partial charge in [-0.1, -0.05) is 53.7 Å². The van der Waals surface area contributed by atoms with Crippen molar-refractivity contribution in [1.82, 2.24) is 15.0 Å². The Morgan fingerprint density at radius 1 is 1.08 bits per heavy atom. The summed E-state index contributed by atoms with van der Waals surface area (Å²) in [5.41, 5.74) is 1.86. The van der Waals surface area contributed by atoms with Crippen LogP contribution in [0.2, 0.25) is 5.02 Å². The molecule has 0 saturated heterocycles. The number of benzene rings is 2. The summed E-state index contributed by atoms with van der Waals surface area (Å²) in [7, 11) is 0. The first kappa shape index (κ1) is 16.1. The predicted molar refractivity (Wildman–Crippen MR) is 101 cm³/mol.